The summed E-state index contributed by atoms with van der Waals surface area (Å²) in [6.07, 6.45) is 11.9. The van der Waals surface area contributed by atoms with Gasteiger partial charge in [-0.05, 0) is 151 Å². The van der Waals surface area contributed by atoms with Gasteiger partial charge in [0.1, 0.15) is 15.6 Å². The maximum Gasteiger partial charge on any atom is 0.306 e. The van der Waals surface area contributed by atoms with E-state index in [4.69, 9.17) is 14.2 Å². The van der Waals surface area contributed by atoms with Crippen molar-refractivity contribution in [3.8, 4) is 0 Å². The van der Waals surface area contributed by atoms with Crippen LogP contribution in [0, 0.1) is 71.4 Å². The molecule has 0 aliphatic heterocycles. The van der Waals surface area contributed by atoms with Gasteiger partial charge < -0.3 is 18.9 Å². The van der Waals surface area contributed by atoms with Gasteiger partial charge in [0.15, 0.2) is 49.2 Å². The van der Waals surface area contributed by atoms with E-state index < -0.39 is 59.0 Å². The molecule has 3 fully saturated rings. The van der Waals surface area contributed by atoms with E-state index in [0.29, 0.717) is 85.3 Å². The van der Waals surface area contributed by atoms with Crippen molar-refractivity contribution in [1.82, 2.24) is 0 Å². The zero-order chi connectivity index (χ0) is 94.1. The first-order valence-electron chi connectivity index (χ1n) is 41.5. The average molecular weight is 1770 g/mol. The number of carbonyl (C=O) groups is 5. The summed E-state index contributed by atoms with van der Waals surface area (Å²) in [5.74, 6) is 3.77. The third-order valence-corrected chi connectivity index (χ3v) is 27.3. The highest BCUT2D eigenvalue weighted by Gasteiger charge is 2.38. The topological polar surface area (TPSA) is 327 Å². The summed E-state index contributed by atoms with van der Waals surface area (Å²) in [5.41, 5.74) is -0.232. The summed E-state index contributed by atoms with van der Waals surface area (Å²) < 4.78 is 153. The molecule has 0 aromatic rings. The molecular weight excluding hydrogens is 1590 g/mol. The average Bonchev–Trinajstić information content (AvgIpc) is 1.68. The van der Waals surface area contributed by atoms with Gasteiger partial charge in [-0.15, -0.1) is 0 Å². The van der Waals surface area contributed by atoms with E-state index in [2.05, 4.69) is 25.5 Å². The van der Waals surface area contributed by atoms with Crippen LogP contribution in [-0.4, -0.2) is 175 Å². The molecular formula is C88H182O21S6. The zero-order valence-electron chi connectivity index (χ0n) is 81.9. The van der Waals surface area contributed by atoms with Crippen molar-refractivity contribution in [2.75, 3.05) is 78.4 Å². The Balaban J connectivity index is -0.000000183. The van der Waals surface area contributed by atoms with Crippen molar-refractivity contribution >= 4 is 88.7 Å². The summed E-state index contributed by atoms with van der Waals surface area (Å²) in [5, 5.41) is -0.247. The van der Waals surface area contributed by atoms with Gasteiger partial charge in [-0.25, -0.2) is 50.5 Å². The fourth-order valence-corrected chi connectivity index (χ4v) is 21.0. The highest BCUT2D eigenvalue weighted by atomic mass is 32.2. The first kappa shape index (κ1) is 128. The van der Waals surface area contributed by atoms with E-state index >= 15 is 0 Å². The molecule has 0 unspecified atom stereocenters. The van der Waals surface area contributed by atoms with E-state index in [1.165, 1.54) is 13.4 Å². The molecule has 3 rings (SSSR count). The summed E-state index contributed by atoms with van der Waals surface area (Å²) in [7, 11) is -15.3. The van der Waals surface area contributed by atoms with E-state index in [1.807, 2.05) is 242 Å². The molecule has 3 aliphatic carbocycles. The van der Waals surface area contributed by atoms with Gasteiger partial charge in [0, 0.05) is 30.1 Å². The molecule has 115 heavy (non-hydrogen) atoms. The SMILES string of the molecule is CC(C)(C)CC(=O)C1CC1.CC(C)(C)CS(=O)(=O)C1CC1.CC(C)(C)CS(=O)(=O)CC1CC1.CC(C)(C)CS(C)(=O)=O.CC(C)OC(=O)CC(C)(C)C.CC(C)S(=O)(=O)CC(C)(C)C.CCCOC(=O)CC(C)(C)C.CCCS(=O)(=O)CC(C)(C)C.CCOC(=O)CC(C)(C)C.CCS(=O)(=O)CC(C)(C)C.COC(=O)CC(C)(C)C. The van der Waals surface area contributed by atoms with Gasteiger partial charge in [-0.1, -0.05) is 249 Å². The Labute approximate surface area is 711 Å². The number of Topliss-reactive ketones (excluding diaryl/α,β-unsaturated/α-hetero) is 1. The Morgan fingerprint density at radius 2 is 0.678 bits per heavy atom. The van der Waals surface area contributed by atoms with Gasteiger partial charge in [0.25, 0.3) is 0 Å². The molecule has 0 radical (unpaired) electrons. The number of ether oxygens (including phenoxy) is 4. The Hall–Kier alpha value is -2.75. The van der Waals surface area contributed by atoms with E-state index in [9.17, 15) is 74.5 Å². The highest BCUT2D eigenvalue weighted by molar-refractivity contribution is 7.93. The third kappa shape index (κ3) is 113. The van der Waals surface area contributed by atoms with Gasteiger partial charge >= 0.3 is 23.9 Å². The molecule has 0 aromatic heterocycles. The van der Waals surface area contributed by atoms with E-state index in [-0.39, 0.29) is 123 Å². The molecule has 21 nitrogen and oxygen atoms in total. The molecule has 3 aliphatic rings. The van der Waals surface area contributed by atoms with Crippen LogP contribution < -0.4 is 0 Å². The number of hydrogen-bond acceptors (Lipinski definition) is 21. The van der Waals surface area contributed by atoms with Crippen LogP contribution in [0.5, 0.6) is 0 Å². The van der Waals surface area contributed by atoms with Crippen LogP contribution in [0.1, 0.15) is 367 Å². The number of carbonyl (C=O) groups excluding carboxylic acids is 5. The molecule has 27 heteroatoms. The third-order valence-electron chi connectivity index (χ3n) is 13.6. The highest BCUT2D eigenvalue weighted by Crippen LogP contribution is 2.36. The Morgan fingerprint density at radius 3 is 0.896 bits per heavy atom. The summed E-state index contributed by atoms with van der Waals surface area (Å²) in [6.45, 7) is 81.1. The zero-order valence-corrected chi connectivity index (χ0v) is 86.8. The van der Waals surface area contributed by atoms with Crippen LogP contribution in [0.4, 0.5) is 0 Å². The monoisotopic (exact) mass is 1770 g/mol. The standard InChI is InChI=1S/C9H18O2S.2C9H18O2.C9H16O.C8H16O2S.2C8H18O2S.C8H16O2.C7H16O2S.C7H14O2.C6H14O2S/c1-9(2,3)7-12(10,11)6-8-4-5-8;1-7(2)11-8(10)6-9(3,4)5;1-5-6-11-8(10)7-9(2,3)4;1-9(2,3)6-8(10)7-4-5-7;1-8(2,3)6-11(9,10)7-4-5-7;1-7(2)11(9,10)6-8(3,4)5;1-5-6-11(9,10)7-8(2,3)4;1-5-10-7(9)6-8(2,3)4;1-5-10(8,9)6-7(2,3)4;1-7(2,3)5-6(8)9-4;1-6(2,3)5-9(4,7)8/h8H,4-7H2,1-3H3;7H,6H2,1-5H3;5-7H2,1-4H3;7H,4-6H2,1-3H3;7H,4-6H2,1-3H3;7H,6H2,1-5H3;5-7H2,1-4H3;2*5-6H2,1-4H3;2*5H2,1-4H3. The number of ketones is 1. The Bertz CT molecular complexity index is 3360. The molecule has 0 heterocycles. The molecule has 696 valence electrons. The molecule has 0 N–H and O–H groups in total. The van der Waals surface area contributed by atoms with Crippen molar-refractivity contribution in [1.29, 1.82) is 0 Å². The molecule has 0 saturated heterocycles. The molecule has 0 spiro atoms. The molecule has 0 bridgehead atoms. The van der Waals surface area contributed by atoms with Crippen LogP contribution in [0.15, 0.2) is 0 Å². The number of hydrogen-bond donors (Lipinski definition) is 0. The minimum absolute atomic E-state index is 0.00160. The fraction of sp³-hybridized carbons (Fsp3) is 0.943. The van der Waals surface area contributed by atoms with Crippen LogP contribution >= 0.6 is 0 Å². The second-order valence-electron chi connectivity index (χ2n) is 45.1. The normalized spacial score (nSPS) is 14.6. The second-order valence-corrected chi connectivity index (χ2v) is 58.8. The predicted octanol–water partition coefficient (Wildman–Crippen LogP) is 20.5. The lowest BCUT2D eigenvalue weighted by molar-refractivity contribution is -0.149. The van der Waals surface area contributed by atoms with Crippen molar-refractivity contribution in [3.05, 3.63) is 0 Å². The van der Waals surface area contributed by atoms with Gasteiger partial charge in [0.05, 0.1) is 103 Å². The lowest BCUT2D eigenvalue weighted by Gasteiger charge is -2.19. The lowest BCUT2D eigenvalue weighted by Crippen LogP contribution is -2.26. The van der Waals surface area contributed by atoms with Crippen molar-refractivity contribution in [2.45, 2.75) is 384 Å². The molecule has 0 aromatic carbocycles. The lowest BCUT2D eigenvalue weighted by atomic mass is 9.89. The number of methoxy groups -OCH3 is 1. The van der Waals surface area contributed by atoms with Gasteiger partial charge in [-0.3, -0.25) is 24.0 Å². The van der Waals surface area contributed by atoms with Crippen LogP contribution in [-0.2, 0) is 102 Å². The quantitative estimate of drug-likeness (QED) is 0.0677. The summed E-state index contributed by atoms with van der Waals surface area (Å²) in [6, 6.07) is 0. The van der Waals surface area contributed by atoms with E-state index in [1.54, 1.807) is 20.8 Å². The van der Waals surface area contributed by atoms with Gasteiger partial charge in [-0.2, -0.15) is 0 Å². The van der Waals surface area contributed by atoms with E-state index in [0.717, 1.165) is 57.8 Å². The number of rotatable bonds is 23. The smallest absolute Gasteiger partial charge is 0.306 e. The summed E-state index contributed by atoms with van der Waals surface area (Å²) in [4.78, 5) is 54.7. The van der Waals surface area contributed by atoms with Crippen LogP contribution in [0.3, 0.4) is 0 Å². The van der Waals surface area contributed by atoms with Crippen molar-refractivity contribution in [3.63, 3.8) is 0 Å². The number of sulfone groups is 6. The van der Waals surface area contributed by atoms with Crippen molar-refractivity contribution in [2.24, 2.45) is 71.4 Å². The molecule has 3 saturated carbocycles. The van der Waals surface area contributed by atoms with Crippen molar-refractivity contribution < 1.29 is 93.4 Å². The minimum Gasteiger partial charge on any atom is -0.469 e. The minimum atomic E-state index is -2.86. The van der Waals surface area contributed by atoms with Crippen LogP contribution in [0.2, 0.25) is 0 Å². The number of esters is 4. The second kappa shape index (κ2) is 54.7. The molecule has 0 amide bonds. The maximum atomic E-state index is 11.5. The predicted molar refractivity (Wildman–Crippen MR) is 486 cm³/mol. The Morgan fingerprint density at radius 1 is 0.357 bits per heavy atom. The Kier molecular flexibility index (Phi) is 60.8. The first-order valence-corrected chi connectivity index (χ1v) is 52.4. The van der Waals surface area contributed by atoms with Gasteiger partial charge in [0.2, 0.25) is 0 Å². The largest absolute Gasteiger partial charge is 0.469 e. The fourth-order valence-electron chi connectivity index (χ4n) is 9.53. The van der Waals surface area contributed by atoms with Crippen LogP contribution in [0.25, 0.3) is 0 Å². The maximum absolute atomic E-state index is 11.5. The summed E-state index contributed by atoms with van der Waals surface area (Å²) >= 11 is 0. The first-order chi connectivity index (χ1) is 50.2. The molecule has 0 atom stereocenters.